The van der Waals surface area contributed by atoms with Gasteiger partial charge >= 0.3 is 0 Å². The van der Waals surface area contributed by atoms with Crippen LogP contribution in [0.1, 0.15) is 63.1 Å². The van der Waals surface area contributed by atoms with Gasteiger partial charge in [0.05, 0.1) is 24.4 Å². The van der Waals surface area contributed by atoms with E-state index in [2.05, 4.69) is 131 Å². The zero-order valence-corrected chi connectivity index (χ0v) is 29.9. The number of aromatic nitrogens is 1. The molecule has 1 amide bonds. The zero-order valence-electron chi connectivity index (χ0n) is 29.9. The lowest BCUT2D eigenvalue weighted by atomic mass is 9.89. The monoisotopic (exact) mass is 703 g/mol. The highest BCUT2D eigenvalue weighted by Crippen LogP contribution is 2.42. The van der Waals surface area contributed by atoms with Crippen LogP contribution < -0.4 is 5.32 Å². The molecule has 6 aromatic rings. The molecule has 7 rings (SSSR count). The number of ether oxygens (including phenoxy) is 2. The molecule has 2 heterocycles. The van der Waals surface area contributed by atoms with Gasteiger partial charge in [-0.1, -0.05) is 134 Å². The van der Waals surface area contributed by atoms with Crippen LogP contribution in [0.3, 0.4) is 0 Å². The minimum absolute atomic E-state index is 0.00105. The summed E-state index contributed by atoms with van der Waals surface area (Å²) in [6.07, 6.45) is 2.32. The van der Waals surface area contributed by atoms with Gasteiger partial charge in [0.25, 0.3) is 5.91 Å². The Balaban J connectivity index is 1.11. The molecular formula is C46H45N3O4. The maximum atomic E-state index is 12.6. The van der Waals surface area contributed by atoms with E-state index in [1.807, 2.05) is 24.3 Å². The number of nitrogens with zero attached hydrogens (tertiary/aromatic N) is 2. The molecule has 1 fully saturated rings. The Morgan fingerprint density at radius 1 is 0.698 bits per heavy atom. The first-order valence-electron chi connectivity index (χ1n) is 18.2. The van der Waals surface area contributed by atoms with Crippen molar-refractivity contribution in [2.75, 3.05) is 6.54 Å². The number of hydrogen-bond donors (Lipinski definition) is 2. The summed E-state index contributed by atoms with van der Waals surface area (Å²) >= 11 is 0. The van der Waals surface area contributed by atoms with Crippen LogP contribution in [0.15, 0.2) is 158 Å². The summed E-state index contributed by atoms with van der Waals surface area (Å²) in [5.74, 6) is -0.0974. The molecule has 0 saturated carbocycles. The van der Waals surface area contributed by atoms with Gasteiger partial charge in [0.2, 0.25) is 0 Å². The first kappa shape index (κ1) is 35.9. The normalized spacial score (nSPS) is 18.5. The quantitative estimate of drug-likeness (QED) is 0.125. The molecular weight excluding hydrogens is 659 g/mol. The third kappa shape index (κ3) is 9.33. The van der Waals surface area contributed by atoms with Crippen molar-refractivity contribution in [1.82, 2.24) is 15.2 Å². The number of hydrogen-bond acceptors (Lipinski definition) is 6. The van der Waals surface area contributed by atoms with E-state index in [1.54, 1.807) is 24.5 Å². The van der Waals surface area contributed by atoms with E-state index in [0.29, 0.717) is 12.1 Å². The van der Waals surface area contributed by atoms with E-state index in [1.165, 1.54) is 11.1 Å². The summed E-state index contributed by atoms with van der Waals surface area (Å²) in [7, 11) is 0. The highest BCUT2D eigenvalue weighted by molar-refractivity contribution is 5.93. The topological polar surface area (TPSA) is 83.9 Å². The van der Waals surface area contributed by atoms with E-state index >= 15 is 0 Å². The largest absolute Gasteiger partial charge is 0.392 e. The third-order valence-electron chi connectivity index (χ3n) is 9.88. The molecule has 0 radical (unpaired) electrons. The maximum absolute atomic E-state index is 12.6. The van der Waals surface area contributed by atoms with Crippen molar-refractivity contribution in [2.24, 2.45) is 5.92 Å². The second-order valence-corrected chi connectivity index (χ2v) is 13.7. The van der Waals surface area contributed by atoms with Crippen LogP contribution in [-0.2, 0) is 35.7 Å². The number of rotatable bonds is 13. The van der Waals surface area contributed by atoms with Gasteiger partial charge in [-0.15, -0.1) is 0 Å². The standard InChI is InChI=1S/C46H45N3O4/c1-33-43(31-49(29-34-10-4-2-5-11-34)30-35-12-6-3-7-13-35)52-46(53-44(33)39-19-17-36(32-50)18-20-39)40-23-21-38(22-24-40)41-15-8-14-37(26-41)27-48-45(51)42-16-9-25-47-28-42/h2-26,28,33,43-44,46,50H,27,29-32H2,1H3,(H,48,51). The van der Waals surface area contributed by atoms with E-state index in [9.17, 15) is 9.90 Å². The van der Waals surface area contributed by atoms with Gasteiger partial charge in [0.15, 0.2) is 6.29 Å². The summed E-state index contributed by atoms with van der Waals surface area (Å²) in [5.41, 5.74) is 9.04. The average Bonchev–Trinajstić information content (AvgIpc) is 3.22. The molecule has 4 atom stereocenters. The fraction of sp³-hybridized carbons (Fsp3) is 0.217. The van der Waals surface area contributed by atoms with Crippen LogP contribution in [0.4, 0.5) is 0 Å². The Bertz CT molecular complexity index is 2000. The second kappa shape index (κ2) is 17.4. The van der Waals surface area contributed by atoms with Gasteiger partial charge in [-0.25, -0.2) is 0 Å². The lowest BCUT2D eigenvalue weighted by Gasteiger charge is -2.43. The number of carbonyl (C=O) groups is 1. The number of aliphatic hydroxyl groups is 1. The molecule has 0 bridgehead atoms. The fourth-order valence-electron chi connectivity index (χ4n) is 6.93. The summed E-state index contributed by atoms with van der Waals surface area (Å²) < 4.78 is 13.7. The Morgan fingerprint density at radius 3 is 2.00 bits per heavy atom. The maximum Gasteiger partial charge on any atom is 0.253 e. The summed E-state index contributed by atoms with van der Waals surface area (Å²) in [6.45, 7) is 4.94. The molecule has 0 spiro atoms. The van der Waals surface area contributed by atoms with E-state index < -0.39 is 6.29 Å². The van der Waals surface area contributed by atoms with Crippen molar-refractivity contribution in [3.05, 3.63) is 197 Å². The molecule has 7 nitrogen and oxygen atoms in total. The second-order valence-electron chi connectivity index (χ2n) is 13.7. The number of amides is 1. The molecule has 53 heavy (non-hydrogen) atoms. The van der Waals surface area contributed by atoms with Gasteiger partial charge < -0.3 is 19.9 Å². The lowest BCUT2D eigenvalue weighted by Crippen LogP contribution is -2.44. The van der Waals surface area contributed by atoms with Crippen molar-refractivity contribution in [3.63, 3.8) is 0 Å². The summed E-state index contributed by atoms with van der Waals surface area (Å²) in [6, 6.07) is 49.3. The number of pyridine rings is 1. The summed E-state index contributed by atoms with van der Waals surface area (Å²) in [4.78, 5) is 19.1. The van der Waals surface area contributed by atoms with Gasteiger partial charge in [0.1, 0.15) is 0 Å². The average molecular weight is 704 g/mol. The number of nitrogens with one attached hydrogen (secondary N) is 1. The van der Waals surface area contributed by atoms with Crippen LogP contribution in [0.5, 0.6) is 0 Å². The molecule has 268 valence electrons. The van der Waals surface area contributed by atoms with Crippen molar-refractivity contribution in [1.29, 1.82) is 0 Å². The predicted molar refractivity (Wildman–Crippen MR) is 207 cm³/mol. The van der Waals surface area contributed by atoms with E-state index in [0.717, 1.165) is 53.0 Å². The van der Waals surface area contributed by atoms with E-state index in [4.69, 9.17) is 9.47 Å². The van der Waals surface area contributed by atoms with Gasteiger partial charge in [0, 0.05) is 50.1 Å². The minimum atomic E-state index is -0.572. The molecule has 1 aliphatic rings. The molecule has 1 aliphatic heterocycles. The van der Waals surface area contributed by atoms with Crippen LogP contribution in [0.2, 0.25) is 0 Å². The highest BCUT2D eigenvalue weighted by Gasteiger charge is 2.39. The first-order valence-corrected chi connectivity index (χ1v) is 18.2. The molecule has 5 aromatic carbocycles. The Morgan fingerprint density at radius 2 is 1.36 bits per heavy atom. The van der Waals surface area contributed by atoms with Crippen molar-refractivity contribution in [3.8, 4) is 11.1 Å². The van der Waals surface area contributed by atoms with Gasteiger partial charge in [-0.2, -0.15) is 0 Å². The number of aliphatic hydroxyl groups excluding tert-OH is 1. The Labute approximate surface area is 311 Å². The molecule has 2 N–H and O–H groups in total. The minimum Gasteiger partial charge on any atom is -0.392 e. The Hall–Kier alpha value is -5.44. The highest BCUT2D eigenvalue weighted by atomic mass is 16.7. The van der Waals surface area contributed by atoms with Crippen LogP contribution in [0, 0.1) is 5.92 Å². The zero-order chi connectivity index (χ0) is 36.4. The summed E-state index contributed by atoms with van der Waals surface area (Å²) in [5, 5.41) is 12.7. The number of carbonyl (C=O) groups excluding carboxylic acids is 1. The smallest absolute Gasteiger partial charge is 0.253 e. The van der Waals surface area contributed by atoms with Crippen LogP contribution >= 0.6 is 0 Å². The van der Waals surface area contributed by atoms with Crippen molar-refractivity contribution < 1.29 is 19.4 Å². The van der Waals surface area contributed by atoms with Gasteiger partial charge in [-0.3, -0.25) is 14.7 Å². The molecule has 1 saturated heterocycles. The molecule has 0 aliphatic carbocycles. The SMILES string of the molecule is CC1C(CN(Cc2ccccc2)Cc2ccccc2)OC(c2ccc(-c3cccc(CNC(=O)c4cccnc4)c3)cc2)OC1c1ccc(CO)cc1. The Kier molecular flexibility index (Phi) is 11.8. The third-order valence-corrected chi connectivity index (χ3v) is 9.88. The predicted octanol–water partition coefficient (Wildman–Crippen LogP) is 8.66. The van der Waals surface area contributed by atoms with Crippen molar-refractivity contribution >= 4 is 5.91 Å². The molecule has 4 unspecified atom stereocenters. The van der Waals surface area contributed by atoms with Crippen LogP contribution in [-0.4, -0.2) is 33.5 Å². The van der Waals surface area contributed by atoms with Gasteiger partial charge in [-0.05, 0) is 57.1 Å². The van der Waals surface area contributed by atoms with Crippen molar-refractivity contribution in [2.45, 2.75) is 51.7 Å². The fourth-order valence-corrected chi connectivity index (χ4v) is 6.93. The van der Waals surface area contributed by atoms with E-state index in [-0.39, 0.29) is 30.6 Å². The number of benzene rings is 5. The first-order chi connectivity index (χ1) is 26.0. The molecule has 7 heteroatoms. The van der Waals surface area contributed by atoms with Crippen LogP contribution in [0.25, 0.3) is 11.1 Å². The molecule has 1 aromatic heterocycles. The lowest BCUT2D eigenvalue weighted by molar-refractivity contribution is -0.276.